The minimum atomic E-state index is 0.145. The van der Waals surface area contributed by atoms with Gasteiger partial charge >= 0.3 is 0 Å². The van der Waals surface area contributed by atoms with E-state index in [2.05, 4.69) is 5.16 Å². The standard InChI is InChI=1S/C14H16N2O2S/c1-3-11(17)8-13-14(9(2)16-18-13)10-4-6-12(19-15)7-5-10/h4-7H,3,8,15H2,1-2H3. The predicted octanol–water partition coefficient (Wildman–Crippen LogP) is 3.14. The molecule has 5 heteroatoms. The second-order valence-corrected chi connectivity index (χ2v) is 4.98. The average molecular weight is 276 g/mol. The van der Waals surface area contributed by atoms with Gasteiger partial charge in [0, 0.05) is 16.9 Å². The van der Waals surface area contributed by atoms with Crippen molar-refractivity contribution in [3.05, 3.63) is 35.7 Å². The lowest BCUT2D eigenvalue weighted by Crippen LogP contribution is -2.00. The van der Waals surface area contributed by atoms with Crippen LogP contribution < -0.4 is 5.14 Å². The molecule has 0 unspecified atom stereocenters. The molecule has 0 bridgehead atoms. The van der Waals surface area contributed by atoms with E-state index in [9.17, 15) is 4.79 Å². The van der Waals surface area contributed by atoms with E-state index in [1.54, 1.807) is 0 Å². The SMILES string of the molecule is CCC(=O)Cc1onc(C)c1-c1ccc(SN)cc1. The fourth-order valence-electron chi connectivity index (χ4n) is 1.91. The van der Waals surface area contributed by atoms with Crippen LogP contribution in [0.25, 0.3) is 11.1 Å². The van der Waals surface area contributed by atoms with Crippen molar-refractivity contribution in [3.63, 3.8) is 0 Å². The first-order chi connectivity index (χ1) is 9.15. The van der Waals surface area contributed by atoms with Crippen LogP contribution in [-0.2, 0) is 11.2 Å². The molecule has 1 heterocycles. The van der Waals surface area contributed by atoms with E-state index in [1.807, 2.05) is 38.1 Å². The number of hydrogen-bond donors (Lipinski definition) is 1. The first kappa shape index (κ1) is 13.8. The summed E-state index contributed by atoms with van der Waals surface area (Å²) in [6.07, 6.45) is 0.794. The molecular weight excluding hydrogens is 260 g/mol. The third kappa shape index (κ3) is 3.05. The molecule has 4 nitrogen and oxygen atoms in total. The van der Waals surface area contributed by atoms with E-state index in [0.717, 1.165) is 21.7 Å². The molecule has 0 aliphatic heterocycles. The molecule has 2 N–H and O–H groups in total. The molecule has 2 aromatic rings. The summed E-state index contributed by atoms with van der Waals surface area (Å²) in [5.41, 5.74) is 2.71. The Morgan fingerprint density at radius 2 is 2.05 bits per heavy atom. The second-order valence-electron chi connectivity index (χ2n) is 4.28. The Morgan fingerprint density at radius 3 is 2.63 bits per heavy atom. The molecule has 0 atom stereocenters. The quantitative estimate of drug-likeness (QED) is 0.850. The number of rotatable bonds is 5. The topological polar surface area (TPSA) is 69.1 Å². The lowest BCUT2D eigenvalue weighted by molar-refractivity contribution is -0.118. The van der Waals surface area contributed by atoms with Gasteiger partial charge in [-0.05, 0) is 36.6 Å². The van der Waals surface area contributed by atoms with Crippen molar-refractivity contribution in [3.8, 4) is 11.1 Å². The Morgan fingerprint density at radius 1 is 1.37 bits per heavy atom. The van der Waals surface area contributed by atoms with Crippen molar-refractivity contribution < 1.29 is 9.32 Å². The van der Waals surface area contributed by atoms with Crippen LogP contribution in [0.5, 0.6) is 0 Å². The molecule has 0 aliphatic carbocycles. The summed E-state index contributed by atoms with van der Waals surface area (Å²) < 4.78 is 5.28. The maximum atomic E-state index is 11.6. The third-order valence-corrected chi connectivity index (χ3v) is 3.51. The van der Waals surface area contributed by atoms with Crippen molar-refractivity contribution in [1.29, 1.82) is 0 Å². The van der Waals surface area contributed by atoms with Gasteiger partial charge in [-0.25, -0.2) is 0 Å². The first-order valence-corrected chi connectivity index (χ1v) is 6.97. The van der Waals surface area contributed by atoms with Crippen molar-refractivity contribution in [2.75, 3.05) is 0 Å². The van der Waals surface area contributed by atoms with Gasteiger partial charge in [0.25, 0.3) is 0 Å². The summed E-state index contributed by atoms with van der Waals surface area (Å²) in [6.45, 7) is 3.73. The number of nitrogens with two attached hydrogens (primary N) is 1. The monoisotopic (exact) mass is 276 g/mol. The van der Waals surface area contributed by atoms with Gasteiger partial charge in [-0.2, -0.15) is 0 Å². The van der Waals surface area contributed by atoms with Crippen LogP contribution in [0.1, 0.15) is 24.8 Å². The highest BCUT2D eigenvalue weighted by atomic mass is 32.2. The number of ketones is 1. The second kappa shape index (κ2) is 6.04. The van der Waals surface area contributed by atoms with E-state index < -0.39 is 0 Å². The summed E-state index contributed by atoms with van der Waals surface area (Å²) in [7, 11) is 0. The number of aryl methyl sites for hydroxylation is 1. The normalized spacial score (nSPS) is 10.7. The highest BCUT2D eigenvalue weighted by Gasteiger charge is 2.17. The van der Waals surface area contributed by atoms with Crippen molar-refractivity contribution >= 4 is 17.7 Å². The van der Waals surface area contributed by atoms with E-state index in [4.69, 9.17) is 9.66 Å². The highest BCUT2D eigenvalue weighted by Crippen LogP contribution is 2.29. The van der Waals surface area contributed by atoms with E-state index in [-0.39, 0.29) is 5.78 Å². The average Bonchev–Trinajstić information content (AvgIpc) is 2.79. The number of benzene rings is 1. The van der Waals surface area contributed by atoms with E-state index in [0.29, 0.717) is 18.6 Å². The lowest BCUT2D eigenvalue weighted by Gasteiger charge is -2.03. The summed E-state index contributed by atoms with van der Waals surface area (Å²) in [5, 5.41) is 9.47. The molecule has 19 heavy (non-hydrogen) atoms. The first-order valence-electron chi connectivity index (χ1n) is 6.09. The molecule has 0 fully saturated rings. The van der Waals surface area contributed by atoms with Gasteiger partial charge in [-0.1, -0.05) is 24.2 Å². The number of nitrogens with zero attached hydrogens (tertiary/aromatic N) is 1. The number of Topliss-reactive ketones (excluding diaryl/α,β-unsaturated/α-hetero) is 1. The summed E-state index contributed by atoms with van der Waals surface area (Å²) in [5.74, 6) is 0.782. The van der Waals surface area contributed by atoms with Crippen LogP contribution in [0.3, 0.4) is 0 Å². The molecular formula is C14H16N2O2S. The predicted molar refractivity (Wildman–Crippen MR) is 75.7 cm³/mol. The Labute approximate surface area is 116 Å². The molecule has 0 saturated heterocycles. The van der Waals surface area contributed by atoms with E-state index in [1.165, 1.54) is 11.9 Å². The molecule has 0 aliphatic rings. The zero-order valence-corrected chi connectivity index (χ0v) is 11.8. The Hall–Kier alpha value is -1.59. The fraction of sp³-hybridized carbons (Fsp3) is 0.286. The van der Waals surface area contributed by atoms with E-state index >= 15 is 0 Å². The minimum absolute atomic E-state index is 0.145. The van der Waals surface area contributed by atoms with Crippen LogP contribution in [0.4, 0.5) is 0 Å². The van der Waals surface area contributed by atoms with Gasteiger partial charge in [0.1, 0.15) is 5.78 Å². The maximum absolute atomic E-state index is 11.6. The van der Waals surface area contributed by atoms with Gasteiger partial charge < -0.3 is 4.52 Å². The number of hydrogen-bond acceptors (Lipinski definition) is 5. The van der Waals surface area contributed by atoms with Gasteiger partial charge in [-0.3, -0.25) is 9.93 Å². The molecule has 0 radical (unpaired) electrons. The lowest BCUT2D eigenvalue weighted by atomic mass is 10.0. The summed E-state index contributed by atoms with van der Waals surface area (Å²) in [4.78, 5) is 12.6. The number of carbonyl (C=O) groups excluding carboxylic acids is 1. The Kier molecular flexibility index (Phi) is 4.39. The highest BCUT2D eigenvalue weighted by molar-refractivity contribution is 7.97. The Balaban J connectivity index is 2.37. The molecule has 0 spiro atoms. The van der Waals surface area contributed by atoms with Crippen LogP contribution in [-0.4, -0.2) is 10.9 Å². The summed E-state index contributed by atoms with van der Waals surface area (Å²) >= 11 is 1.20. The van der Waals surface area contributed by atoms with Crippen molar-refractivity contribution in [2.45, 2.75) is 31.6 Å². The summed E-state index contributed by atoms with van der Waals surface area (Å²) in [6, 6.07) is 7.82. The zero-order valence-electron chi connectivity index (χ0n) is 11.0. The smallest absolute Gasteiger partial charge is 0.152 e. The maximum Gasteiger partial charge on any atom is 0.152 e. The van der Waals surface area contributed by atoms with Gasteiger partial charge in [0.05, 0.1) is 12.1 Å². The van der Waals surface area contributed by atoms with Crippen LogP contribution in [0, 0.1) is 6.92 Å². The fourth-order valence-corrected chi connectivity index (χ4v) is 2.20. The Bertz CT molecular complexity index is 576. The molecule has 2 rings (SSSR count). The zero-order chi connectivity index (χ0) is 13.8. The molecule has 100 valence electrons. The van der Waals surface area contributed by atoms with Gasteiger partial charge in [-0.15, -0.1) is 0 Å². The largest absolute Gasteiger partial charge is 0.360 e. The number of carbonyl (C=O) groups is 1. The van der Waals surface area contributed by atoms with Crippen molar-refractivity contribution in [2.24, 2.45) is 5.14 Å². The molecule has 1 aromatic carbocycles. The molecule has 1 aromatic heterocycles. The molecule has 0 amide bonds. The van der Waals surface area contributed by atoms with Crippen LogP contribution in [0.2, 0.25) is 0 Å². The minimum Gasteiger partial charge on any atom is -0.360 e. The molecule has 0 saturated carbocycles. The third-order valence-electron chi connectivity index (χ3n) is 2.96. The van der Waals surface area contributed by atoms with Crippen LogP contribution in [0.15, 0.2) is 33.7 Å². The van der Waals surface area contributed by atoms with Gasteiger partial charge in [0.15, 0.2) is 5.76 Å². The van der Waals surface area contributed by atoms with Gasteiger partial charge in [0.2, 0.25) is 0 Å². The van der Waals surface area contributed by atoms with Crippen molar-refractivity contribution in [1.82, 2.24) is 5.16 Å². The van der Waals surface area contributed by atoms with Crippen LogP contribution >= 0.6 is 11.9 Å². The number of aromatic nitrogens is 1.